The summed E-state index contributed by atoms with van der Waals surface area (Å²) >= 11 is 0. The van der Waals surface area contributed by atoms with Crippen LogP contribution in [0.2, 0.25) is 0 Å². The van der Waals surface area contributed by atoms with Crippen LogP contribution in [0.3, 0.4) is 0 Å². The predicted octanol–water partition coefficient (Wildman–Crippen LogP) is 5.81. The molecule has 0 aliphatic rings. The van der Waals surface area contributed by atoms with Gasteiger partial charge in [-0.25, -0.2) is 19.3 Å². The first-order valence-corrected chi connectivity index (χ1v) is 12.2. The first-order chi connectivity index (χ1) is 18.5. The molecule has 1 aromatic carbocycles. The number of rotatable bonds is 6. The number of anilines is 1. The molecule has 0 saturated heterocycles. The Labute approximate surface area is 216 Å². The number of nitrogens with one attached hydrogen (secondary N) is 3. The van der Waals surface area contributed by atoms with Gasteiger partial charge in [-0.3, -0.25) is 14.9 Å². The van der Waals surface area contributed by atoms with Crippen LogP contribution in [-0.4, -0.2) is 41.0 Å². The van der Waals surface area contributed by atoms with Gasteiger partial charge in [0.25, 0.3) is 0 Å². The zero-order valence-corrected chi connectivity index (χ0v) is 20.7. The van der Waals surface area contributed by atoms with Gasteiger partial charge in [0.05, 0.1) is 22.8 Å². The number of carbonyl (C=O) groups excluding carboxylic acids is 1. The lowest BCUT2D eigenvalue weighted by Crippen LogP contribution is -2.10. The standard InChI is InChI=1S/C28H23FN8O/c1-3-4-23(38)33-20-10-17(12-30-14-20)18-11-22-25(36-37-26(22)32-13-18)28-34-24-21(5-6-31-27(24)35-28)16-7-15(2)8-19(29)9-16/h5-14H,3-4H2,1-2H3,(H,33,38)(H,31,34,35)(H,32,36,37). The zero-order valence-electron chi connectivity index (χ0n) is 20.7. The Hall–Kier alpha value is -4.99. The first kappa shape index (κ1) is 23.4. The number of hydrogen-bond acceptors (Lipinski definition) is 6. The Morgan fingerprint density at radius 3 is 2.71 bits per heavy atom. The molecule has 0 unspecified atom stereocenters. The number of amides is 1. The SMILES string of the molecule is CCCC(=O)Nc1cncc(-c2cnc3n[nH]c(-c4nc5nccc(-c6cc(C)cc(F)c6)c5[nH]4)c3c2)c1. The van der Waals surface area contributed by atoms with Gasteiger partial charge in [0.1, 0.15) is 11.5 Å². The quantitative estimate of drug-likeness (QED) is 0.262. The van der Waals surface area contributed by atoms with E-state index in [1.165, 1.54) is 12.1 Å². The number of imidazole rings is 1. The van der Waals surface area contributed by atoms with Crippen LogP contribution in [-0.2, 0) is 4.79 Å². The molecule has 38 heavy (non-hydrogen) atoms. The van der Waals surface area contributed by atoms with Crippen LogP contribution in [0.15, 0.2) is 61.2 Å². The average molecular weight is 507 g/mol. The van der Waals surface area contributed by atoms with Crippen molar-refractivity contribution >= 4 is 33.8 Å². The topological polar surface area (TPSA) is 125 Å². The number of aromatic nitrogens is 7. The van der Waals surface area contributed by atoms with Gasteiger partial charge in [0.15, 0.2) is 17.1 Å². The molecule has 5 heterocycles. The number of carbonyl (C=O) groups is 1. The number of H-pyrrole nitrogens is 2. The van der Waals surface area contributed by atoms with Crippen molar-refractivity contribution in [3.8, 4) is 33.8 Å². The van der Waals surface area contributed by atoms with Crippen molar-refractivity contribution in [1.29, 1.82) is 0 Å². The fourth-order valence-electron chi connectivity index (χ4n) is 4.52. The highest BCUT2D eigenvalue weighted by Gasteiger charge is 2.17. The summed E-state index contributed by atoms with van der Waals surface area (Å²) in [5.74, 6) is 0.183. The molecule has 0 aliphatic carbocycles. The second kappa shape index (κ2) is 9.47. The number of fused-ring (bicyclic) bond motifs is 2. The average Bonchev–Trinajstić information content (AvgIpc) is 3.52. The summed E-state index contributed by atoms with van der Waals surface area (Å²) in [5, 5.41) is 11.0. The van der Waals surface area contributed by atoms with Crippen LogP contribution >= 0.6 is 0 Å². The molecule has 3 N–H and O–H groups in total. The van der Waals surface area contributed by atoms with Crippen LogP contribution < -0.4 is 5.32 Å². The number of aromatic amines is 2. The third-order valence-corrected chi connectivity index (χ3v) is 6.22. The molecule has 5 aromatic heterocycles. The van der Waals surface area contributed by atoms with Crippen molar-refractivity contribution in [3.63, 3.8) is 0 Å². The number of halogens is 1. The van der Waals surface area contributed by atoms with Crippen LogP contribution in [0.5, 0.6) is 0 Å². The Kier molecular flexibility index (Phi) is 5.83. The van der Waals surface area contributed by atoms with Gasteiger partial charge < -0.3 is 10.3 Å². The minimum Gasteiger partial charge on any atom is -0.335 e. The molecule has 0 atom stereocenters. The molecule has 0 spiro atoms. The molecule has 0 fully saturated rings. The lowest BCUT2D eigenvalue weighted by Gasteiger charge is -2.07. The first-order valence-electron chi connectivity index (χ1n) is 12.2. The Balaban J connectivity index is 1.41. The highest BCUT2D eigenvalue weighted by Crippen LogP contribution is 2.32. The van der Waals surface area contributed by atoms with Crippen LogP contribution in [0.1, 0.15) is 25.3 Å². The zero-order chi connectivity index (χ0) is 26.2. The summed E-state index contributed by atoms with van der Waals surface area (Å²) < 4.78 is 14.1. The number of aryl methyl sites for hydroxylation is 1. The molecule has 6 aromatic rings. The molecular formula is C28H23FN8O. The summed E-state index contributed by atoms with van der Waals surface area (Å²) in [6.45, 7) is 3.81. The van der Waals surface area contributed by atoms with Gasteiger partial charge in [0, 0.05) is 41.7 Å². The van der Waals surface area contributed by atoms with E-state index in [-0.39, 0.29) is 11.7 Å². The summed E-state index contributed by atoms with van der Waals surface area (Å²) in [5.41, 5.74) is 6.97. The highest BCUT2D eigenvalue weighted by molar-refractivity contribution is 5.96. The van der Waals surface area contributed by atoms with Gasteiger partial charge in [-0.05, 0) is 54.8 Å². The van der Waals surface area contributed by atoms with Crippen molar-refractivity contribution in [2.45, 2.75) is 26.7 Å². The summed E-state index contributed by atoms with van der Waals surface area (Å²) in [6, 6.07) is 10.6. The normalized spacial score (nSPS) is 11.3. The van der Waals surface area contributed by atoms with E-state index in [0.29, 0.717) is 40.4 Å². The van der Waals surface area contributed by atoms with E-state index in [1.807, 2.05) is 38.1 Å². The summed E-state index contributed by atoms with van der Waals surface area (Å²) in [6.07, 6.45) is 7.92. The van der Waals surface area contributed by atoms with E-state index in [4.69, 9.17) is 0 Å². The number of hydrogen-bond donors (Lipinski definition) is 3. The van der Waals surface area contributed by atoms with Gasteiger partial charge >= 0.3 is 0 Å². The van der Waals surface area contributed by atoms with E-state index < -0.39 is 0 Å². The Bertz CT molecular complexity index is 1800. The van der Waals surface area contributed by atoms with Gasteiger partial charge in [-0.1, -0.05) is 13.0 Å². The number of benzene rings is 1. The largest absolute Gasteiger partial charge is 0.335 e. The third-order valence-electron chi connectivity index (χ3n) is 6.22. The minimum atomic E-state index is -0.300. The second-order valence-electron chi connectivity index (χ2n) is 9.11. The maximum absolute atomic E-state index is 14.1. The van der Waals surface area contributed by atoms with E-state index in [1.54, 1.807) is 24.8 Å². The summed E-state index contributed by atoms with van der Waals surface area (Å²) in [4.78, 5) is 33.2. The second-order valence-corrected chi connectivity index (χ2v) is 9.11. The van der Waals surface area contributed by atoms with Crippen LogP contribution in [0.25, 0.3) is 56.0 Å². The summed E-state index contributed by atoms with van der Waals surface area (Å²) in [7, 11) is 0. The van der Waals surface area contributed by atoms with E-state index >= 15 is 0 Å². The van der Waals surface area contributed by atoms with Gasteiger partial charge in [-0.2, -0.15) is 5.10 Å². The monoisotopic (exact) mass is 506 g/mol. The van der Waals surface area contributed by atoms with E-state index in [9.17, 15) is 9.18 Å². The molecule has 188 valence electrons. The fourth-order valence-corrected chi connectivity index (χ4v) is 4.52. The fraction of sp³-hybridized carbons (Fsp3) is 0.143. The van der Waals surface area contributed by atoms with E-state index in [2.05, 4.69) is 40.4 Å². The lowest BCUT2D eigenvalue weighted by atomic mass is 10.0. The van der Waals surface area contributed by atoms with Crippen molar-refractivity contribution in [2.24, 2.45) is 0 Å². The molecule has 10 heteroatoms. The maximum Gasteiger partial charge on any atom is 0.224 e. The van der Waals surface area contributed by atoms with Crippen molar-refractivity contribution in [3.05, 3.63) is 72.6 Å². The van der Waals surface area contributed by atoms with Crippen LogP contribution in [0.4, 0.5) is 10.1 Å². The molecule has 6 rings (SSSR count). The molecule has 0 aliphatic heterocycles. The number of nitrogens with zero attached hydrogens (tertiary/aromatic N) is 5. The maximum atomic E-state index is 14.1. The van der Waals surface area contributed by atoms with Crippen molar-refractivity contribution in [1.82, 2.24) is 35.1 Å². The molecule has 0 bridgehead atoms. The Morgan fingerprint density at radius 1 is 1.00 bits per heavy atom. The molecule has 0 saturated carbocycles. The molecule has 9 nitrogen and oxygen atoms in total. The van der Waals surface area contributed by atoms with E-state index in [0.717, 1.165) is 39.6 Å². The van der Waals surface area contributed by atoms with Crippen molar-refractivity contribution < 1.29 is 9.18 Å². The van der Waals surface area contributed by atoms with Crippen LogP contribution in [0, 0.1) is 12.7 Å². The lowest BCUT2D eigenvalue weighted by molar-refractivity contribution is -0.116. The van der Waals surface area contributed by atoms with Gasteiger partial charge in [-0.15, -0.1) is 0 Å². The van der Waals surface area contributed by atoms with Gasteiger partial charge in [0.2, 0.25) is 5.91 Å². The molecular weight excluding hydrogens is 483 g/mol. The molecule has 1 amide bonds. The predicted molar refractivity (Wildman–Crippen MR) is 144 cm³/mol. The Morgan fingerprint density at radius 2 is 1.87 bits per heavy atom. The minimum absolute atomic E-state index is 0.0524. The highest BCUT2D eigenvalue weighted by atomic mass is 19.1. The smallest absolute Gasteiger partial charge is 0.224 e. The molecule has 0 radical (unpaired) electrons. The van der Waals surface area contributed by atoms with Crippen molar-refractivity contribution in [2.75, 3.05) is 5.32 Å². The number of pyridine rings is 3. The third kappa shape index (κ3) is 4.36.